The minimum absolute atomic E-state index is 0. The fourth-order valence-electron chi connectivity index (χ4n) is 0. The van der Waals surface area contributed by atoms with Crippen molar-refractivity contribution in [2.45, 2.75) is 0 Å². The summed E-state index contributed by atoms with van der Waals surface area (Å²) >= 11 is 0. The first kappa shape index (κ1) is 60.0. The Morgan fingerprint density at radius 3 is 0.889 bits per heavy atom. The Kier molecular flexibility index (Phi) is 275. The molecule has 0 aromatic heterocycles. The normalized spacial score (nSPS) is 2.67. The van der Waals surface area contributed by atoms with E-state index in [1.165, 1.54) is 0 Å². The zero-order chi connectivity index (χ0) is 3.58. The first-order valence-corrected chi connectivity index (χ1v) is 1.84. The van der Waals surface area contributed by atoms with Crippen LogP contribution in [0, 0.1) is 0 Å². The van der Waals surface area contributed by atoms with E-state index in [-0.39, 0.29) is 45.0 Å². The van der Waals surface area contributed by atoms with Gasteiger partial charge < -0.3 is 36.0 Å². The molecule has 9 heavy (non-hydrogen) atoms. The Morgan fingerprint density at radius 1 is 0.889 bits per heavy atom. The summed E-state index contributed by atoms with van der Waals surface area (Å²) in [6, 6.07) is 0. The van der Waals surface area contributed by atoms with Crippen molar-refractivity contribution in [3.8, 4) is 0 Å². The Hall–Kier alpha value is 0.223. The largest absolute Gasteiger partial charge is 2.00 e. The molecule has 0 aliphatic carbocycles. The SMILES string of the molecule is O.O.O.O.O=[Si]([O-])[O-].[Mg+2]. The van der Waals surface area contributed by atoms with Crippen molar-refractivity contribution in [2.75, 3.05) is 0 Å². The van der Waals surface area contributed by atoms with Crippen LogP contribution in [0.5, 0.6) is 0 Å². The molecule has 9 heteroatoms. The standard InChI is InChI=1S/Mg.O3Si.4H2O/c;1-4(2)3;;;;/h;;4*1H2/q+2;-2;;;;. The van der Waals surface area contributed by atoms with Crippen LogP contribution in [-0.2, 0) is 4.46 Å². The molecule has 0 unspecified atom stereocenters. The van der Waals surface area contributed by atoms with Gasteiger partial charge >= 0.3 is 23.1 Å². The molecule has 0 amide bonds. The van der Waals surface area contributed by atoms with Gasteiger partial charge in [-0.25, -0.2) is 0 Å². The van der Waals surface area contributed by atoms with Crippen molar-refractivity contribution in [3.63, 3.8) is 0 Å². The van der Waals surface area contributed by atoms with E-state index >= 15 is 0 Å². The fourth-order valence-corrected chi connectivity index (χ4v) is 0. The summed E-state index contributed by atoms with van der Waals surface area (Å²) < 4.78 is 8.52. The fraction of sp³-hybridized carbons (Fsp3) is 0. The zero-order valence-corrected chi connectivity index (χ0v) is 6.85. The Labute approximate surface area is 68.6 Å². The van der Waals surface area contributed by atoms with Gasteiger partial charge in [0.2, 0.25) is 0 Å². The van der Waals surface area contributed by atoms with Gasteiger partial charge in [-0.3, -0.25) is 0 Å². The summed E-state index contributed by atoms with van der Waals surface area (Å²) in [5.41, 5.74) is 0. The van der Waals surface area contributed by atoms with Crippen molar-refractivity contribution >= 4 is 32.2 Å². The molecule has 0 heterocycles. The number of hydrogen-bond acceptors (Lipinski definition) is 3. The van der Waals surface area contributed by atoms with E-state index in [2.05, 4.69) is 0 Å². The summed E-state index contributed by atoms with van der Waals surface area (Å²) in [5, 5.41) is 0. The minimum Gasteiger partial charge on any atom is -0.672 e. The Morgan fingerprint density at radius 2 is 0.889 bits per heavy atom. The van der Waals surface area contributed by atoms with Crippen LogP contribution in [0.25, 0.3) is 0 Å². The molecular weight excluding hydrogens is 164 g/mol. The van der Waals surface area contributed by atoms with Crippen molar-refractivity contribution in [2.24, 2.45) is 0 Å². The molecule has 0 spiro atoms. The summed E-state index contributed by atoms with van der Waals surface area (Å²) in [6.45, 7) is 0. The van der Waals surface area contributed by atoms with E-state index < -0.39 is 9.17 Å². The molecule has 0 radical (unpaired) electrons. The topological polar surface area (TPSA) is 189 Å². The maximum Gasteiger partial charge on any atom is 2.00 e. The van der Waals surface area contributed by atoms with Crippen LogP contribution >= 0.6 is 0 Å². The summed E-state index contributed by atoms with van der Waals surface area (Å²) in [6.07, 6.45) is 0. The molecule has 0 bridgehead atoms. The predicted molar refractivity (Wildman–Crippen MR) is 26.6 cm³/mol. The zero-order valence-electron chi connectivity index (χ0n) is 4.43. The molecule has 56 valence electrons. The second-order valence-electron chi connectivity index (χ2n) is 0.250. The van der Waals surface area contributed by atoms with Crippen LogP contribution in [0.4, 0.5) is 0 Å². The molecule has 0 saturated heterocycles. The smallest absolute Gasteiger partial charge is 0.672 e. The van der Waals surface area contributed by atoms with Crippen molar-refractivity contribution < 1.29 is 36.0 Å². The first-order chi connectivity index (χ1) is 1.73. The third kappa shape index (κ3) is 6400. The Balaban J connectivity index is -0.00000000450. The summed E-state index contributed by atoms with van der Waals surface area (Å²) in [4.78, 5) is 17.0. The Bertz CT molecular complexity index is 31.9. The third-order valence-corrected chi connectivity index (χ3v) is 0. The van der Waals surface area contributed by atoms with Crippen molar-refractivity contribution in [3.05, 3.63) is 0 Å². The molecule has 0 aliphatic heterocycles. The first-order valence-electron chi connectivity index (χ1n) is 0.612. The van der Waals surface area contributed by atoms with Crippen LogP contribution < -0.4 is 9.59 Å². The molecule has 8 N–H and O–H groups in total. The van der Waals surface area contributed by atoms with Gasteiger partial charge in [0.25, 0.3) is 0 Å². The molecular formula is H8MgO7Si. The molecule has 0 aliphatic rings. The maximum atomic E-state index is 8.52. The average molecular weight is 172 g/mol. The monoisotopic (exact) mass is 172 g/mol. The van der Waals surface area contributed by atoms with E-state index in [0.717, 1.165) is 0 Å². The molecule has 7 nitrogen and oxygen atoms in total. The van der Waals surface area contributed by atoms with Crippen molar-refractivity contribution in [1.82, 2.24) is 0 Å². The van der Waals surface area contributed by atoms with E-state index in [1.54, 1.807) is 0 Å². The van der Waals surface area contributed by atoms with Gasteiger partial charge in [-0.2, -0.15) is 0 Å². The van der Waals surface area contributed by atoms with E-state index in [9.17, 15) is 0 Å². The summed E-state index contributed by atoms with van der Waals surface area (Å²) in [7, 11) is -3.63. The maximum absolute atomic E-state index is 8.52. The number of rotatable bonds is 0. The van der Waals surface area contributed by atoms with Crippen LogP contribution in [0.2, 0.25) is 0 Å². The van der Waals surface area contributed by atoms with Gasteiger partial charge in [-0.15, -0.1) is 0 Å². The van der Waals surface area contributed by atoms with Crippen LogP contribution in [0.1, 0.15) is 0 Å². The van der Waals surface area contributed by atoms with Crippen LogP contribution in [0.3, 0.4) is 0 Å². The van der Waals surface area contributed by atoms with Crippen molar-refractivity contribution in [1.29, 1.82) is 0 Å². The van der Waals surface area contributed by atoms with Gasteiger partial charge in [0.05, 0.1) is 0 Å². The molecule has 0 aromatic rings. The predicted octanol–water partition coefficient (Wildman–Crippen LogP) is -6.56. The van der Waals surface area contributed by atoms with Gasteiger partial charge in [0.1, 0.15) is 0 Å². The van der Waals surface area contributed by atoms with Gasteiger partial charge in [0.15, 0.2) is 0 Å². The van der Waals surface area contributed by atoms with Gasteiger partial charge in [-0.05, 0) is 0 Å². The molecule has 0 aromatic carbocycles. The van der Waals surface area contributed by atoms with E-state index in [4.69, 9.17) is 14.1 Å². The average Bonchev–Trinajstić information content (AvgIpc) is 0.811. The summed E-state index contributed by atoms with van der Waals surface area (Å²) in [5.74, 6) is 0. The van der Waals surface area contributed by atoms with E-state index in [1.807, 2.05) is 0 Å². The number of hydrogen-bond donors (Lipinski definition) is 0. The molecule has 0 rings (SSSR count). The van der Waals surface area contributed by atoms with Gasteiger partial charge in [-0.1, -0.05) is 0 Å². The molecule has 0 saturated carbocycles. The van der Waals surface area contributed by atoms with E-state index in [0.29, 0.717) is 0 Å². The van der Waals surface area contributed by atoms with Crippen LogP contribution in [-0.4, -0.2) is 54.1 Å². The molecule has 0 fully saturated rings. The van der Waals surface area contributed by atoms with Gasteiger partial charge in [0, 0.05) is 9.17 Å². The quantitative estimate of drug-likeness (QED) is 0.329. The second kappa shape index (κ2) is 41.3. The van der Waals surface area contributed by atoms with Crippen LogP contribution in [0.15, 0.2) is 0 Å². The minimum atomic E-state index is -3.63. The third-order valence-electron chi connectivity index (χ3n) is 0. The second-order valence-corrected chi connectivity index (χ2v) is 0.750. The molecule has 0 atom stereocenters.